The Labute approximate surface area is 88.1 Å². The Hall–Kier alpha value is -0.770. The second-order valence-electron chi connectivity index (χ2n) is 4.04. The summed E-state index contributed by atoms with van der Waals surface area (Å²) in [5.74, 6) is 0.833. The summed E-state index contributed by atoms with van der Waals surface area (Å²) in [5, 5.41) is 5.14. The summed E-state index contributed by atoms with van der Waals surface area (Å²) in [5.41, 5.74) is 0. The molecular weight excluding hydrogens is 178 g/mol. The Balaban J connectivity index is 0. The van der Waals surface area contributed by atoms with Crippen molar-refractivity contribution in [3.8, 4) is 0 Å². The first-order valence-electron chi connectivity index (χ1n) is 5.00. The second-order valence-corrected chi connectivity index (χ2v) is 4.04. The SMILES string of the molecule is CC(C)C.CNC(=O)NCCN(C)C. The van der Waals surface area contributed by atoms with E-state index >= 15 is 0 Å². The molecule has 0 aliphatic carbocycles. The summed E-state index contributed by atoms with van der Waals surface area (Å²) in [6.45, 7) is 8.06. The molecular formula is C10H25N3O. The van der Waals surface area contributed by atoms with Crippen LogP contribution in [0.3, 0.4) is 0 Å². The lowest BCUT2D eigenvalue weighted by Crippen LogP contribution is -2.37. The van der Waals surface area contributed by atoms with Gasteiger partial charge in [0.25, 0.3) is 0 Å². The molecule has 4 nitrogen and oxygen atoms in total. The fraction of sp³-hybridized carbons (Fsp3) is 0.900. The summed E-state index contributed by atoms with van der Waals surface area (Å²) in [7, 11) is 5.53. The van der Waals surface area contributed by atoms with E-state index in [1.165, 1.54) is 0 Å². The van der Waals surface area contributed by atoms with Crippen LogP contribution < -0.4 is 10.6 Å². The maximum absolute atomic E-state index is 10.6. The van der Waals surface area contributed by atoms with Gasteiger partial charge in [-0.25, -0.2) is 4.79 Å². The molecule has 0 rings (SSSR count). The highest BCUT2D eigenvalue weighted by Gasteiger charge is 1.93. The summed E-state index contributed by atoms with van der Waals surface area (Å²) < 4.78 is 0. The molecule has 0 aliphatic heterocycles. The molecule has 0 aromatic rings. The Bertz CT molecular complexity index is 133. The minimum Gasteiger partial charge on any atom is -0.341 e. The average molecular weight is 203 g/mol. The van der Waals surface area contributed by atoms with Gasteiger partial charge in [-0.15, -0.1) is 0 Å². The van der Waals surface area contributed by atoms with Gasteiger partial charge in [0.15, 0.2) is 0 Å². The maximum Gasteiger partial charge on any atom is 0.314 e. The molecule has 0 bridgehead atoms. The first-order chi connectivity index (χ1) is 6.40. The number of carbonyl (C=O) groups excluding carboxylic acids is 1. The zero-order chi connectivity index (χ0) is 11.6. The highest BCUT2D eigenvalue weighted by molar-refractivity contribution is 5.73. The van der Waals surface area contributed by atoms with Gasteiger partial charge in [0.1, 0.15) is 0 Å². The van der Waals surface area contributed by atoms with Crippen LogP contribution in [0.25, 0.3) is 0 Å². The number of rotatable bonds is 3. The van der Waals surface area contributed by atoms with Gasteiger partial charge in [-0.3, -0.25) is 0 Å². The first kappa shape index (κ1) is 15.7. The molecule has 86 valence electrons. The van der Waals surface area contributed by atoms with Crippen LogP contribution in [0.1, 0.15) is 20.8 Å². The van der Waals surface area contributed by atoms with Crippen molar-refractivity contribution in [1.82, 2.24) is 15.5 Å². The molecule has 0 spiro atoms. The number of amides is 2. The molecule has 0 unspecified atom stereocenters. The van der Waals surface area contributed by atoms with Gasteiger partial charge in [0, 0.05) is 20.1 Å². The summed E-state index contributed by atoms with van der Waals surface area (Å²) in [6, 6.07) is -0.123. The molecule has 2 amide bonds. The molecule has 0 aromatic heterocycles. The van der Waals surface area contributed by atoms with Gasteiger partial charge in [-0.05, 0) is 20.0 Å². The van der Waals surface area contributed by atoms with Gasteiger partial charge >= 0.3 is 6.03 Å². The standard InChI is InChI=1S/C6H15N3O.C4H10/c1-7-6(10)8-4-5-9(2)3;1-4(2)3/h4-5H2,1-3H3,(H2,7,8,10);4H,1-3H3. The van der Waals surface area contributed by atoms with Gasteiger partial charge in [-0.2, -0.15) is 0 Å². The predicted octanol–water partition coefficient (Wildman–Crippen LogP) is 1.14. The summed E-state index contributed by atoms with van der Waals surface area (Å²) in [4.78, 5) is 12.6. The molecule has 14 heavy (non-hydrogen) atoms. The lowest BCUT2D eigenvalue weighted by Gasteiger charge is -2.09. The minimum absolute atomic E-state index is 0.123. The number of likely N-dealkylation sites (N-methyl/N-ethyl adjacent to an activating group) is 1. The lowest BCUT2D eigenvalue weighted by atomic mass is 10.3. The first-order valence-corrected chi connectivity index (χ1v) is 5.00. The van der Waals surface area contributed by atoms with E-state index in [0.29, 0.717) is 6.54 Å². The Morgan fingerprint density at radius 3 is 2.00 bits per heavy atom. The van der Waals surface area contributed by atoms with E-state index in [1.807, 2.05) is 19.0 Å². The van der Waals surface area contributed by atoms with E-state index in [1.54, 1.807) is 7.05 Å². The summed E-state index contributed by atoms with van der Waals surface area (Å²) >= 11 is 0. The number of nitrogens with zero attached hydrogens (tertiary/aromatic N) is 1. The van der Waals surface area contributed by atoms with Crippen molar-refractivity contribution in [2.45, 2.75) is 20.8 Å². The molecule has 4 heteroatoms. The third kappa shape index (κ3) is 22.5. The number of carbonyl (C=O) groups is 1. The summed E-state index contributed by atoms with van der Waals surface area (Å²) in [6.07, 6.45) is 0. The largest absolute Gasteiger partial charge is 0.341 e. The van der Waals surface area contributed by atoms with Crippen molar-refractivity contribution in [3.05, 3.63) is 0 Å². The molecule has 0 fully saturated rings. The van der Waals surface area contributed by atoms with Crippen LogP contribution in [-0.4, -0.2) is 45.2 Å². The van der Waals surface area contributed by atoms with Crippen molar-refractivity contribution in [3.63, 3.8) is 0 Å². The molecule has 0 aliphatic rings. The maximum atomic E-state index is 10.6. The van der Waals surface area contributed by atoms with Crippen LogP contribution in [0, 0.1) is 5.92 Å². The normalized spacial score (nSPS) is 9.43. The fourth-order valence-electron chi connectivity index (χ4n) is 0.481. The highest BCUT2D eigenvalue weighted by atomic mass is 16.2. The van der Waals surface area contributed by atoms with Crippen molar-refractivity contribution in [2.24, 2.45) is 5.92 Å². The van der Waals surface area contributed by atoms with Gasteiger partial charge in [0.05, 0.1) is 0 Å². The van der Waals surface area contributed by atoms with Crippen molar-refractivity contribution >= 4 is 6.03 Å². The molecule has 0 saturated heterocycles. The monoisotopic (exact) mass is 203 g/mol. The number of urea groups is 1. The minimum atomic E-state index is -0.123. The number of hydrogen-bond acceptors (Lipinski definition) is 2. The van der Waals surface area contributed by atoms with Crippen LogP contribution in [-0.2, 0) is 0 Å². The zero-order valence-electron chi connectivity index (χ0n) is 10.3. The van der Waals surface area contributed by atoms with Gasteiger partial charge in [0.2, 0.25) is 0 Å². The average Bonchev–Trinajstić information content (AvgIpc) is 2.02. The second kappa shape index (κ2) is 10.3. The van der Waals surface area contributed by atoms with Crippen molar-refractivity contribution < 1.29 is 4.79 Å². The Morgan fingerprint density at radius 2 is 1.71 bits per heavy atom. The van der Waals surface area contributed by atoms with E-state index in [4.69, 9.17) is 0 Å². The lowest BCUT2D eigenvalue weighted by molar-refractivity contribution is 0.241. The van der Waals surface area contributed by atoms with E-state index in [-0.39, 0.29) is 6.03 Å². The molecule has 0 heterocycles. The molecule has 0 aromatic carbocycles. The Kier molecular flexibility index (Phi) is 11.6. The molecule has 0 atom stereocenters. The number of hydrogen-bond donors (Lipinski definition) is 2. The van der Waals surface area contributed by atoms with E-state index in [9.17, 15) is 4.79 Å². The van der Waals surface area contributed by atoms with Crippen molar-refractivity contribution in [1.29, 1.82) is 0 Å². The van der Waals surface area contributed by atoms with Crippen LogP contribution in [0.5, 0.6) is 0 Å². The fourth-order valence-corrected chi connectivity index (χ4v) is 0.481. The molecule has 0 saturated carbocycles. The predicted molar refractivity (Wildman–Crippen MR) is 61.5 cm³/mol. The van der Waals surface area contributed by atoms with E-state index in [2.05, 4.69) is 31.4 Å². The number of nitrogens with one attached hydrogen (secondary N) is 2. The van der Waals surface area contributed by atoms with Gasteiger partial charge < -0.3 is 15.5 Å². The molecule has 2 N–H and O–H groups in total. The van der Waals surface area contributed by atoms with E-state index < -0.39 is 0 Å². The van der Waals surface area contributed by atoms with Crippen molar-refractivity contribution in [2.75, 3.05) is 34.2 Å². The highest BCUT2D eigenvalue weighted by Crippen LogP contribution is 1.81. The van der Waals surface area contributed by atoms with Crippen LogP contribution >= 0.6 is 0 Å². The third-order valence-corrected chi connectivity index (χ3v) is 1.07. The molecule has 0 radical (unpaired) electrons. The van der Waals surface area contributed by atoms with Crippen LogP contribution in [0.4, 0.5) is 4.79 Å². The van der Waals surface area contributed by atoms with Crippen LogP contribution in [0.15, 0.2) is 0 Å². The topological polar surface area (TPSA) is 44.4 Å². The quantitative estimate of drug-likeness (QED) is 0.722. The van der Waals surface area contributed by atoms with Gasteiger partial charge in [-0.1, -0.05) is 20.8 Å². The smallest absolute Gasteiger partial charge is 0.314 e. The van der Waals surface area contributed by atoms with E-state index in [0.717, 1.165) is 12.5 Å². The Morgan fingerprint density at radius 1 is 1.29 bits per heavy atom. The van der Waals surface area contributed by atoms with Crippen LogP contribution in [0.2, 0.25) is 0 Å². The third-order valence-electron chi connectivity index (χ3n) is 1.07. The zero-order valence-corrected chi connectivity index (χ0v) is 10.3.